The first-order valence-electron chi connectivity index (χ1n) is 8.62. The number of carbonyl (C=O) groups excluding carboxylic acids is 1. The van der Waals surface area contributed by atoms with Crippen LogP contribution >= 0.6 is 0 Å². The van der Waals surface area contributed by atoms with Crippen LogP contribution in [-0.4, -0.2) is 19.1 Å². The Labute approximate surface area is 147 Å². The van der Waals surface area contributed by atoms with Gasteiger partial charge >= 0.3 is 6.16 Å². The Morgan fingerprint density at radius 3 is 2.48 bits per heavy atom. The molecule has 0 saturated heterocycles. The summed E-state index contributed by atoms with van der Waals surface area (Å²) in [5.41, 5.74) is 1.72. The van der Waals surface area contributed by atoms with Crippen LogP contribution in [0.3, 0.4) is 0 Å². The second kappa shape index (κ2) is 8.19. The van der Waals surface area contributed by atoms with E-state index < -0.39 is 12.4 Å². The number of halogens is 1. The minimum absolute atomic E-state index is 0.190. The van der Waals surface area contributed by atoms with Crippen LogP contribution in [0.15, 0.2) is 24.3 Å². The number of hydrogen-bond acceptors (Lipinski definition) is 4. The van der Waals surface area contributed by atoms with Crippen molar-refractivity contribution in [1.82, 2.24) is 0 Å². The van der Waals surface area contributed by atoms with Gasteiger partial charge in [-0.3, -0.25) is 0 Å². The van der Waals surface area contributed by atoms with Gasteiger partial charge in [0.15, 0.2) is 0 Å². The van der Waals surface area contributed by atoms with Crippen molar-refractivity contribution >= 4 is 16.9 Å². The van der Waals surface area contributed by atoms with Crippen molar-refractivity contribution in [3.05, 3.63) is 41.2 Å². The van der Waals surface area contributed by atoms with Gasteiger partial charge in [-0.05, 0) is 59.4 Å². The molecule has 0 bridgehead atoms. The largest absolute Gasteiger partial charge is 0.511 e. The molecule has 0 aliphatic rings. The number of ether oxygens (including phenoxy) is 3. The average molecular weight is 348 g/mol. The summed E-state index contributed by atoms with van der Waals surface area (Å²) in [5.74, 6) is 0.575. The first-order chi connectivity index (χ1) is 11.9. The van der Waals surface area contributed by atoms with Crippen LogP contribution in [0.2, 0.25) is 0 Å². The predicted octanol–water partition coefficient (Wildman–Crippen LogP) is 5.56. The number of hydrogen-bond donors (Lipinski definition) is 0. The van der Waals surface area contributed by atoms with Crippen LogP contribution in [0, 0.1) is 5.82 Å². The molecule has 1 unspecified atom stereocenters. The molecule has 25 heavy (non-hydrogen) atoms. The van der Waals surface area contributed by atoms with Crippen LogP contribution in [0.1, 0.15) is 51.7 Å². The quantitative estimate of drug-likeness (QED) is 0.506. The maximum atomic E-state index is 14.2. The molecule has 4 nitrogen and oxygen atoms in total. The third kappa shape index (κ3) is 4.41. The molecular weight excluding hydrogens is 323 g/mol. The zero-order valence-electron chi connectivity index (χ0n) is 15.4. The fourth-order valence-corrected chi connectivity index (χ4v) is 2.89. The Balaban J connectivity index is 2.40. The zero-order valence-corrected chi connectivity index (χ0v) is 15.4. The van der Waals surface area contributed by atoms with Crippen molar-refractivity contribution in [2.24, 2.45) is 0 Å². The average Bonchev–Trinajstić information content (AvgIpc) is 2.54. The highest BCUT2D eigenvalue weighted by Gasteiger charge is 2.17. The molecule has 136 valence electrons. The molecule has 0 heterocycles. The van der Waals surface area contributed by atoms with E-state index in [0.29, 0.717) is 17.7 Å². The summed E-state index contributed by atoms with van der Waals surface area (Å²) in [7, 11) is 0. The van der Waals surface area contributed by atoms with Crippen molar-refractivity contribution < 1.29 is 23.4 Å². The van der Waals surface area contributed by atoms with Gasteiger partial charge in [0.2, 0.25) is 6.29 Å². The zero-order chi connectivity index (χ0) is 18.6. The van der Waals surface area contributed by atoms with E-state index in [0.717, 1.165) is 16.3 Å². The second-order valence-corrected chi connectivity index (χ2v) is 6.13. The summed E-state index contributed by atoms with van der Waals surface area (Å²) in [5, 5.41) is 1.84. The van der Waals surface area contributed by atoms with Gasteiger partial charge < -0.3 is 14.2 Å². The van der Waals surface area contributed by atoms with Gasteiger partial charge in [0.1, 0.15) is 11.6 Å². The Kier molecular flexibility index (Phi) is 6.23. The van der Waals surface area contributed by atoms with E-state index in [1.807, 2.05) is 19.1 Å². The third-order valence-electron chi connectivity index (χ3n) is 3.97. The van der Waals surface area contributed by atoms with Gasteiger partial charge in [0.25, 0.3) is 0 Å². The normalized spacial score (nSPS) is 12.3. The van der Waals surface area contributed by atoms with Gasteiger partial charge in [-0.2, -0.15) is 0 Å². The molecular formula is C20H25FO4. The SMILES string of the molecule is CCOC(=O)OC(C)Oc1cc(C(C)C)c2c(CC)c(F)ccc2c1. The van der Waals surface area contributed by atoms with Crippen molar-refractivity contribution in [1.29, 1.82) is 0 Å². The smallest absolute Gasteiger partial charge is 0.455 e. The van der Waals surface area contributed by atoms with Crippen LogP contribution in [-0.2, 0) is 15.9 Å². The summed E-state index contributed by atoms with van der Waals surface area (Å²) in [6.07, 6.45) is -0.941. The van der Waals surface area contributed by atoms with E-state index in [9.17, 15) is 9.18 Å². The lowest BCUT2D eigenvalue weighted by atomic mass is 9.91. The fourth-order valence-electron chi connectivity index (χ4n) is 2.89. The number of benzene rings is 2. The van der Waals surface area contributed by atoms with E-state index in [1.165, 1.54) is 6.07 Å². The molecule has 2 rings (SSSR count). The maximum absolute atomic E-state index is 14.2. The Morgan fingerprint density at radius 2 is 1.88 bits per heavy atom. The van der Waals surface area contributed by atoms with Crippen LogP contribution in [0.4, 0.5) is 9.18 Å². The topological polar surface area (TPSA) is 44.8 Å². The Hall–Kier alpha value is -2.30. The lowest BCUT2D eigenvalue weighted by Crippen LogP contribution is -2.21. The molecule has 0 fully saturated rings. The van der Waals surface area contributed by atoms with E-state index >= 15 is 0 Å². The molecule has 0 aliphatic carbocycles. The monoisotopic (exact) mass is 348 g/mol. The number of rotatable bonds is 6. The highest BCUT2D eigenvalue weighted by atomic mass is 19.1. The van der Waals surface area contributed by atoms with Crippen molar-refractivity contribution in [3.8, 4) is 5.75 Å². The standard InChI is InChI=1S/C20H25FO4/c1-6-16-18(21)9-8-14-10-15(11-17(12(3)4)19(14)16)24-13(5)25-20(22)23-7-2/h8-13H,6-7H2,1-5H3. The van der Waals surface area contributed by atoms with Crippen molar-refractivity contribution in [3.63, 3.8) is 0 Å². The predicted molar refractivity (Wildman–Crippen MR) is 95.6 cm³/mol. The van der Waals surface area contributed by atoms with Gasteiger partial charge in [0.05, 0.1) is 6.61 Å². The van der Waals surface area contributed by atoms with Crippen molar-refractivity contribution in [2.45, 2.75) is 53.2 Å². The lowest BCUT2D eigenvalue weighted by molar-refractivity contribution is -0.0518. The summed E-state index contributed by atoms with van der Waals surface area (Å²) in [6, 6.07) is 6.95. The third-order valence-corrected chi connectivity index (χ3v) is 3.97. The van der Waals surface area contributed by atoms with Gasteiger partial charge in [-0.15, -0.1) is 0 Å². The Bertz CT molecular complexity index is 755. The van der Waals surface area contributed by atoms with Crippen LogP contribution in [0.5, 0.6) is 5.75 Å². The maximum Gasteiger partial charge on any atom is 0.511 e. The van der Waals surface area contributed by atoms with Gasteiger partial charge in [0, 0.05) is 6.92 Å². The first-order valence-corrected chi connectivity index (χ1v) is 8.62. The second-order valence-electron chi connectivity index (χ2n) is 6.13. The lowest BCUT2D eigenvalue weighted by Gasteiger charge is -2.19. The minimum atomic E-state index is -0.789. The summed E-state index contributed by atoms with van der Waals surface area (Å²) in [6.45, 7) is 9.63. The van der Waals surface area contributed by atoms with E-state index in [1.54, 1.807) is 19.9 Å². The van der Waals surface area contributed by atoms with E-state index in [-0.39, 0.29) is 18.3 Å². The van der Waals surface area contributed by atoms with Crippen LogP contribution in [0.25, 0.3) is 10.8 Å². The number of aryl methyl sites for hydroxylation is 1. The molecule has 1 atom stereocenters. The summed E-state index contributed by atoms with van der Waals surface area (Å²) >= 11 is 0. The van der Waals surface area contributed by atoms with Crippen LogP contribution < -0.4 is 4.74 Å². The molecule has 0 aliphatic heterocycles. The molecule has 2 aromatic carbocycles. The molecule has 0 radical (unpaired) electrons. The summed E-state index contributed by atoms with van der Waals surface area (Å²) < 4.78 is 29.7. The molecule has 0 aromatic heterocycles. The molecule has 0 spiro atoms. The first kappa shape index (κ1) is 19.0. The van der Waals surface area contributed by atoms with Gasteiger partial charge in [-0.1, -0.05) is 26.8 Å². The molecule has 0 saturated carbocycles. The van der Waals surface area contributed by atoms with E-state index in [2.05, 4.69) is 13.8 Å². The molecule has 5 heteroatoms. The highest BCUT2D eigenvalue weighted by Crippen LogP contribution is 2.34. The number of fused-ring (bicyclic) bond motifs is 1. The molecule has 0 N–H and O–H groups in total. The molecule has 0 amide bonds. The molecule has 2 aromatic rings. The Morgan fingerprint density at radius 1 is 1.16 bits per heavy atom. The number of carbonyl (C=O) groups is 1. The fraction of sp³-hybridized carbons (Fsp3) is 0.450. The van der Waals surface area contributed by atoms with Gasteiger partial charge in [-0.25, -0.2) is 9.18 Å². The highest BCUT2D eigenvalue weighted by molar-refractivity contribution is 5.91. The minimum Gasteiger partial charge on any atom is -0.455 e. The summed E-state index contributed by atoms with van der Waals surface area (Å²) in [4.78, 5) is 11.4. The van der Waals surface area contributed by atoms with E-state index in [4.69, 9.17) is 14.2 Å². The van der Waals surface area contributed by atoms with Crippen molar-refractivity contribution in [2.75, 3.05) is 6.61 Å².